The number of hydrogen-bond donors (Lipinski definition) is 0. The SMILES string of the molecule is CC(=O)C1CCCCN1c1c(Cl)cc([N+](=O)[O-])cc1Cl. The lowest BCUT2D eigenvalue weighted by atomic mass is 9.98. The number of non-ortho nitro benzene ring substituents is 1. The molecular weight excluding hydrogens is 303 g/mol. The van der Waals surface area contributed by atoms with E-state index in [0.717, 1.165) is 19.3 Å². The van der Waals surface area contributed by atoms with E-state index in [0.29, 0.717) is 12.2 Å². The molecule has 1 aliphatic rings. The van der Waals surface area contributed by atoms with Crippen LogP contribution in [0.3, 0.4) is 0 Å². The minimum absolute atomic E-state index is 0.0511. The fraction of sp³-hybridized carbons (Fsp3) is 0.462. The van der Waals surface area contributed by atoms with E-state index in [4.69, 9.17) is 23.2 Å². The number of carbonyl (C=O) groups is 1. The normalized spacial score (nSPS) is 18.9. The van der Waals surface area contributed by atoms with Crippen LogP contribution >= 0.6 is 23.2 Å². The third-order valence-corrected chi connectivity index (χ3v) is 4.05. The number of nitro groups is 1. The van der Waals surface area contributed by atoms with Crippen LogP contribution in [0.25, 0.3) is 0 Å². The third kappa shape index (κ3) is 2.88. The highest BCUT2D eigenvalue weighted by atomic mass is 35.5. The molecule has 1 fully saturated rings. The molecule has 0 N–H and O–H groups in total. The van der Waals surface area contributed by atoms with Crippen molar-refractivity contribution in [2.45, 2.75) is 32.2 Å². The number of hydrogen-bond acceptors (Lipinski definition) is 4. The average Bonchev–Trinajstić information content (AvgIpc) is 2.38. The molecule has 1 aliphatic heterocycles. The zero-order valence-electron chi connectivity index (χ0n) is 10.9. The number of nitro benzene ring substituents is 1. The minimum Gasteiger partial charge on any atom is -0.359 e. The van der Waals surface area contributed by atoms with Crippen molar-refractivity contribution in [2.75, 3.05) is 11.4 Å². The number of anilines is 1. The molecule has 1 atom stereocenters. The van der Waals surface area contributed by atoms with Crippen LogP contribution in [0.4, 0.5) is 11.4 Å². The first-order valence-electron chi connectivity index (χ1n) is 6.32. The topological polar surface area (TPSA) is 63.5 Å². The van der Waals surface area contributed by atoms with E-state index in [2.05, 4.69) is 0 Å². The van der Waals surface area contributed by atoms with Gasteiger partial charge in [0.1, 0.15) is 0 Å². The van der Waals surface area contributed by atoms with Gasteiger partial charge in [0.05, 0.1) is 26.7 Å². The van der Waals surface area contributed by atoms with Crippen LogP contribution in [0.1, 0.15) is 26.2 Å². The van der Waals surface area contributed by atoms with Gasteiger partial charge in [-0.3, -0.25) is 14.9 Å². The van der Waals surface area contributed by atoms with E-state index < -0.39 is 4.92 Å². The Morgan fingerprint density at radius 1 is 1.35 bits per heavy atom. The lowest BCUT2D eigenvalue weighted by Gasteiger charge is -2.37. The molecule has 108 valence electrons. The van der Waals surface area contributed by atoms with E-state index in [9.17, 15) is 14.9 Å². The van der Waals surface area contributed by atoms with Gasteiger partial charge in [0.25, 0.3) is 5.69 Å². The van der Waals surface area contributed by atoms with Gasteiger partial charge in [-0.2, -0.15) is 0 Å². The number of rotatable bonds is 3. The summed E-state index contributed by atoms with van der Waals surface area (Å²) in [5.74, 6) is 0.0511. The van der Waals surface area contributed by atoms with Gasteiger partial charge in [-0.15, -0.1) is 0 Å². The highest BCUT2D eigenvalue weighted by Gasteiger charge is 2.30. The van der Waals surface area contributed by atoms with Gasteiger partial charge in [0, 0.05) is 18.7 Å². The van der Waals surface area contributed by atoms with Crippen LogP contribution in [0.15, 0.2) is 12.1 Å². The number of piperidine rings is 1. The number of carbonyl (C=O) groups excluding carboxylic acids is 1. The van der Waals surface area contributed by atoms with Crippen LogP contribution in [0, 0.1) is 10.1 Å². The molecular formula is C13H14Cl2N2O3. The molecule has 0 amide bonds. The molecule has 0 spiro atoms. The quantitative estimate of drug-likeness (QED) is 0.627. The van der Waals surface area contributed by atoms with Crippen LogP contribution in [-0.2, 0) is 4.79 Å². The summed E-state index contributed by atoms with van der Waals surface area (Å²) >= 11 is 12.3. The Morgan fingerprint density at radius 3 is 2.45 bits per heavy atom. The molecule has 1 aromatic carbocycles. The van der Waals surface area contributed by atoms with Crippen molar-refractivity contribution >= 4 is 40.4 Å². The molecule has 1 aromatic rings. The van der Waals surface area contributed by atoms with Crippen molar-refractivity contribution < 1.29 is 9.72 Å². The molecule has 5 nitrogen and oxygen atoms in total. The molecule has 0 aromatic heterocycles. The number of halogens is 2. The fourth-order valence-corrected chi connectivity index (χ4v) is 3.25. The maximum atomic E-state index is 11.7. The average molecular weight is 317 g/mol. The number of Topliss-reactive ketones (excluding diaryl/α,β-unsaturated/α-hetero) is 1. The van der Waals surface area contributed by atoms with E-state index in [1.54, 1.807) is 0 Å². The number of nitrogens with zero attached hydrogens (tertiary/aromatic N) is 2. The molecule has 0 radical (unpaired) electrons. The standard InChI is InChI=1S/C13H14Cl2N2O3/c1-8(18)12-4-2-3-5-16(12)13-10(14)6-9(17(19)20)7-11(13)15/h6-7,12H,2-5H2,1H3. The van der Waals surface area contributed by atoms with E-state index >= 15 is 0 Å². The van der Waals surface area contributed by atoms with E-state index in [-0.39, 0.29) is 27.6 Å². The summed E-state index contributed by atoms with van der Waals surface area (Å²) in [6.07, 6.45) is 2.66. The van der Waals surface area contributed by atoms with Gasteiger partial charge in [-0.05, 0) is 26.2 Å². The second kappa shape index (κ2) is 5.97. The molecule has 0 bridgehead atoms. The smallest absolute Gasteiger partial charge is 0.272 e. The van der Waals surface area contributed by atoms with Gasteiger partial charge < -0.3 is 4.90 Å². The number of benzene rings is 1. The van der Waals surface area contributed by atoms with Crippen LogP contribution < -0.4 is 4.90 Å². The van der Waals surface area contributed by atoms with Gasteiger partial charge >= 0.3 is 0 Å². The van der Waals surface area contributed by atoms with Crippen molar-refractivity contribution in [3.63, 3.8) is 0 Å². The molecule has 0 saturated carbocycles. The largest absolute Gasteiger partial charge is 0.359 e. The Bertz CT molecular complexity index is 540. The molecule has 20 heavy (non-hydrogen) atoms. The lowest BCUT2D eigenvalue weighted by molar-refractivity contribution is -0.384. The molecule has 7 heteroatoms. The van der Waals surface area contributed by atoms with Crippen molar-refractivity contribution in [1.29, 1.82) is 0 Å². The van der Waals surface area contributed by atoms with Crippen LogP contribution in [-0.4, -0.2) is 23.3 Å². The zero-order chi connectivity index (χ0) is 14.9. The Morgan fingerprint density at radius 2 is 1.95 bits per heavy atom. The summed E-state index contributed by atoms with van der Waals surface area (Å²) in [7, 11) is 0. The van der Waals surface area contributed by atoms with Crippen molar-refractivity contribution in [1.82, 2.24) is 0 Å². The Balaban J connectivity index is 2.45. The van der Waals surface area contributed by atoms with Crippen molar-refractivity contribution in [2.24, 2.45) is 0 Å². The Hall–Kier alpha value is -1.33. The molecule has 1 unspecified atom stereocenters. The first kappa shape index (κ1) is 15.1. The highest BCUT2D eigenvalue weighted by molar-refractivity contribution is 6.39. The van der Waals surface area contributed by atoms with E-state index in [1.807, 2.05) is 4.90 Å². The first-order valence-corrected chi connectivity index (χ1v) is 7.08. The van der Waals surface area contributed by atoms with Gasteiger partial charge in [-0.25, -0.2) is 0 Å². The predicted molar refractivity (Wildman–Crippen MR) is 78.8 cm³/mol. The highest BCUT2D eigenvalue weighted by Crippen LogP contribution is 2.40. The Labute approximate surface area is 126 Å². The maximum absolute atomic E-state index is 11.7. The molecule has 1 heterocycles. The number of ketones is 1. The maximum Gasteiger partial charge on any atom is 0.272 e. The van der Waals surface area contributed by atoms with Crippen molar-refractivity contribution in [3.05, 3.63) is 32.3 Å². The predicted octanol–water partition coefficient (Wildman–Crippen LogP) is 3.85. The summed E-state index contributed by atoms with van der Waals surface area (Å²) in [4.78, 5) is 23.9. The minimum atomic E-state index is -0.541. The summed E-state index contributed by atoms with van der Waals surface area (Å²) < 4.78 is 0. The second-order valence-corrected chi connectivity index (χ2v) is 5.65. The van der Waals surface area contributed by atoms with E-state index in [1.165, 1.54) is 19.1 Å². The monoisotopic (exact) mass is 316 g/mol. The van der Waals surface area contributed by atoms with Crippen molar-refractivity contribution in [3.8, 4) is 0 Å². The van der Waals surface area contributed by atoms with Crippen LogP contribution in [0.2, 0.25) is 10.0 Å². The summed E-state index contributed by atoms with van der Waals surface area (Å²) in [5.41, 5.74) is 0.360. The van der Waals surface area contributed by atoms with Crippen LogP contribution in [0.5, 0.6) is 0 Å². The lowest BCUT2D eigenvalue weighted by Crippen LogP contribution is -2.44. The zero-order valence-corrected chi connectivity index (χ0v) is 12.4. The first-order chi connectivity index (χ1) is 9.41. The Kier molecular flexibility index (Phi) is 4.50. The van der Waals surface area contributed by atoms with Gasteiger partial charge in [0.2, 0.25) is 0 Å². The van der Waals surface area contributed by atoms with Gasteiger partial charge in [-0.1, -0.05) is 23.2 Å². The third-order valence-electron chi connectivity index (χ3n) is 3.47. The second-order valence-electron chi connectivity index (χ2n) is 4.83. The van der Waals surface area contributed by atoms with Gasteiger partial charge in [0.15, 0.2) is 5.78 Å². The molecule has 2 rings (SSSR count). The molecule has 1 saturated heterocycles. The fourth-order valence-electron chi connectivity index (χ4n) is 2.55. The molecule has 0 aliphatic carbocycles. The summed E-state index contributed by atoms with van der Waals surface area (Å²) in [5, 5.41) is 11.2. The summed E-state index contributed by atoms with van der Waals surface area (Å²) in [6.45, 7) is 2.21. The summed E-state index contributed by atoms with van der Waals surface area (Å²) in [6, 6.07) is 2.28.